The van der Waals surface area contributed by atoms with Crippen LogP contribution >= 0.6 is 11.6 Å². The Morgan fingerprint density at radius 3 is 2.29 bits per heavy atom. The van der Waals surface area contributed by atoms with Crippen LogP contribution in [0.4, 0.5) is 4.79 Å². The molecule has 82 valence electrons. The van der Waals surface area contributed by atoms with Gasteiger partial charge in [0.25, 0.3) is 0 Å². The molecule has 0 heterocycles. The molecular formula is C10H18ClNO2. The third-order valence-corrected chi connectivity index (χ3v) is 2.64. The lowest BCUT2D eigenvalue weighted by molar-refractivity contribution is 0.0150. The minimum Gasteiger partial charge on any atom is -0.444 e. The van der Waals surface area contributed by atoms with Crippen LogP contribution in [0.1, 0.15) is 33.6 Å². The monoisotopic (exact) mass is 219 g/mol. The SMILES string of the molecule is CN(C(=O)OC(C)(C)C)C1CC(Cl)C1. The number of halogens is 1. The fraction of sp³-hybridized carbons (Fsp3) is 0.900. The van der Waals surface area contributed by atoms with Crippen molar-refractivity contribution in [2.45, 2.75) is 50.6 Å². The zero-order chi connectivity index (χ0) is 10.9. The van der Waals surface area contributed by atoms with Gasteiger partial charge in [-0.2, -0.15) is 0 Å². The number of nitrogens with zero attached hydrogens (tertiary/aromatic N) is 1. The Morgan fingerprint density at radius 2 is 1.93 bits per heavy atom. The summed E-state index contributed by atoms with van der Waals surface area (Å²) in [6.45, 7) is 5.59. The van der Waals surface area contributed by atoms with E-state index in [1.54, 1.807) is 11.9 Å². The number of alkyl halides is 1. The van der Waals surface area contributed by atoms with E-state index in [1.165, 1.54) is 0 Å². The summed E-state index contributed by atoms with van der Waals surface area (Å²) in [7, 11) is 1.77. The van der Waals surface area contributed by atoms with E-state index in [0.29, 0.717) is 0 Å². The van der Waals surface area contributed by atoms with Crippen molar-refractivity contribution in [2.24, 2.45) is 0 Å². The maximum Gasteiger partial charge on any atom is 0.410 e. The van der Waals surface area contributed by atoms with E-state index in [1.807, 2.05) is 20.8 Å². The maximum absolute atomic E-state index is 11.6. The Bertz CT molecular complexity index is 219. The van der Waals surface area contributed by atoms with Gasteiger partial charge < -0.3 is 9.64 Å². The molecular weight excluding hydrogens is 202 g/mol. The number of rotatable bonds is 1. The van der Waals surface area contributed by atoms with Crippen LogP contribution in [0.2, 0.25) is 0 Å². The predicted octanol–water partition coefficient (Wildman–Crippen LogP) is 2.62. The number of hydrogen-bond donors (Lipinski definition) is 0. The van der Waals surface area contributed by atoms with Crippen LogP contribution in [-0.4, -0.2) is 35.1 Å². The van der Waals surface area contributed by atoms with Crippen molar-refractivity contribution in [2.75, 3.05) is 7.05 Å². The lowest BCUT2D eigenvalue weighted by Crippen LogP contribution is -2.47. The topological polar surface area (TPSA) is 29.5 Å². The molecule has 1 aliphatic rings. The van der Waals surface area contributed by atoms with Gasteiger partial charge in [-0.05, 0) is 33.6 Å². The van der Waals surface area contributed by atoms with Crippen molar-refractivity contribution < 1.29 is 9.53 Å². The molecule has 0 radical (unpaired) electrons. The molecule has 0 aromatic carbocycles. The summed E-state index contributed by atoms with van der Waals surface area (Å²) in [5.74, 6) is 0. The molecule has 0 atom stereocenters. The summed E-state index contributed by atoms with van der Waals surface area (Å²) < 4.78 is 5.24. The van der Waals surface area contributed by atoms with Gasteiger partial charge in [0.15, 0.2) is 0 Å². The highest BCUT2D eigenvalue weighted by Gasteiger charge is 2.34. The van der Waals surface area contributed by atoms with Crippen LogP contribution in [0.25, 0.3) is 0 Å². The summed E-state index contributed by atoms with van der Waals surface area (Å²) in [6, 6.07) is 0.257. The zero-order valence-corrected chi connectivity index (χ0v) is 9.97. The second kappa shape index (κ2) is 3.97. The molecule has 0 aromatic heterocycles. The Morgan fingerprint density at radius 1 is 1.43 bits per heavy atom. The molecule has 14 heavy (non-hydrogen) atoms. The van der Waals surface area contributed by atoms with Gasteiger partial charge in [0.2, 0.25) is 0 Å². The average molecular weight is 220 g/mol. The minimum absolute atomic E-state index is 0.227. The van der Waals surface area contributed by atoms with Gasteiger partial charge >= 0.3 is 6.09 Å². The van der Waals surface area contributed by atoms with Crippen molar-refractivity contribution in [3.8, 4) is 0 Å². The Kier molecular flexibility index (Phi) is 3.30. The average Bonchev–Trinajstić information content (AvgIpc) is 1.94. The number of carbonyl (C=O) groups is 1. The Hall–Kier alpha value is -0.440. The molecule has 3 nitrogen and oxygen atoms in total. The van der Waals surface area contributed by atoms with Gasteiger partial charge in [0.1, 0.15) is 5.60 Å². The Labute approximate surface area is 90.4 Å². The fourth-order valence-corrected chi connectivity index (χ4v) is 1.73. The first-order valence-corrected chi connectivity index (χ1v) is 5.33. The van der Waals surface area contributed by atoms with Crippen LogP contribution in [0.3, 0.4) is 0 Å². The van der Waals surface area contributed by atoms with Crippen molar-refractivity contribution in [1.29, 1.82) is 0 Å². The normalized spacial score (nSPS) is 26.6. The summed E-state index contributed by atoms with van der Waals surface area (Å²) in [5.41, 5.74) is -0.421. The fourth-order valence-electron chi connectivity index (χ4n) is 1.32. The van der Waals surface area contributed by atoms with E-state index >= 15 is 0 Å². The molecule has 1 aliphatic carbocycles. The first-order valence-electron chi connectivity index (χ1n) is 4.89. The van der Waals surface area contributed by atoms with Crippen LogP contribution < -0.4 is 0 Å². The summed E-state index contributed by atoms with van der Waals surface area (Å²) in [6.07, 6.45) is 1.49. The van der Waals surface area contributed by atoms with Crippen molar-refractivity contribution in [3.63, 3.8) is 0 Å². The molecule has 1 saturated carbocycles. The highest BCUT2D eigenvalue weighted by Crippen LogP contribution is 2.30. The van der Waals surface area contributed by atoms with E-state index in [4.69, 9.17) is 16.3 Å². The molecule has 0 aromatic rings. The lowest BCUT2D eigenvalue weighted by atomic mass is 9.91. The standard InChI is InChI=1S/C10H18ClNO2/c1-10(2,3)14-9(13)12(4)8-5-7(11)6-8/h7-8H,5-6H2,1-4H3. The lowest BCUT2D eigenvalue weighted by Gasteiger charge is -2.38. The van der Waals surface area contributed by atoms with Crippen LogP contribution in [0.15, 0.2) is 0 Å². The Balaban J connectivity index is 2.38. The van der Waals surface area contributed by atoms with Crippen molar-refractivity contribution in [3.05, 3.63) is 0 Å². The maximum atomic E-state index is 11.6. The molecule has 0 aliphatic heterocycles. The first-order chi connectivity index (χ1) is 6.29. The van der Waals surface area contributed by atoms with Crippen LogP contribution in [0.5, 0.6) is 0 Å². The third kappa shape index (κ3) is 3.05. The molecule has 1 rings (SSSR count). The van der Waals surface area contributed by atoms with Crippen molar-refractivity contribution >= 4 is 17.7 Å². The van der Waals surface area contributed by atoms with E-state index < -0.39 is 5.60 Å². The van der Waals surface area contributed by atoms with Gasteiger partial charge in [-0.1, -0.05) is 0 Å². The van der Waals surface area contributed by atoms with E-state index in [9.17, 15) is 4.79 Å². The molecule has 1 fully saturated rings. The second-order valence-corrected chi connectivity index (χ2v) is 5.43. The van der Waals surface area contributed by atoms with Gasteiger partial charge in [-0.15, -0.1) is 11.6 Å². The predicted molar refractivity (Wildman–Crippen MR) is 56.7 cm³/mol. The van der Waals surface area contributed by atoms with E-state index in [2.05, 4.69) is 0 Å². The first kappa shape index (κ1) is 11.6. The molecule has 0 saturated heterocycles. The van der Waals surface area contributed by atoms with Crippen LogP contribution in [-0.2, 0) is 4.74 Å². The van der Waals surface area contributed by atoms with Gasteiger partial charge in [-0.3, -0.25) is 0 Å². The molecule has 0 bridgehead atoms. The van der Waals surface area contributed by atoms with E-state index in [0.717, 1.165) is 12.8 Å². The van der Waals surface area contributed by atoms with Crippen LogP contribution in [0, 0.1) is 0 Å². The highest BCUT2D eigenvalue weighted by molar-refractivity contribution is 6.21. The van der Waals surface area contributed by atoms with Crippen molar-refractivity contribution in [1.82, 2.24) is 4.90 Å². The number of carbonyl (C=O) groups excluding carboxylic acids is 1. The molecule has 1 amide bonds. The summed E-state index contributed by atoms with van der Waals surface area (Å²) in [4.78, 5) is 13.2. The molecule has 0 N–H and O–H groups in total. The molecule has 0 spiro atoms. The zero-order valence-electron chi connectivity index (χ0n) is 9.21. The van der Waals surface area contributed by atoms with Gasteiger partial charge in [0, 0.05) is 18.5 Å². The van der Waals surface area contributed by atoms with Gasteiger partial charge in [-0.25, -0.2) is 4.79 Å². The second-order valence-electron chi connectivity index (χ2n) is 4.81. The molecule has 4 heteroatoms. The molecule has 0 unspecified atom stereocenters. The largest absolute Gasteiger partial charge is 0.444 e. The highest BCUT2D eigenvalue weighted by atomic mass is 35.5. The smallest absolute Gasteiger partial charge is 0.410 e. The third-order valence-electron chi connectivity index (χ3n) is 2.28. The summed E-state index contributed by atoms with van der Waals surface area (Å²) in [5, 5.41) is 0.227. The van der Waals surface area contributed by atoms with Gasteiger partial charge in [0.05, 0.1) is 0 Å². The minimum atomic E-state index is -0.421. The quantitative estimate of drug-likeness (QED) is 0.635. The summed E-state index contributed by atoms with van der Waals surface area (Å²) >= 11 is 5.85. The van der Waals surface area contributed by atoms with E-state index in [-0.39, 0.29) is 17.5 Å². The number of ether oxygens (including phenoxy) is 1. The number of hydrogen-bond acceptors (Lipinski definition) is 2. The number of amides is 1.